The lowest BCUT2D eigenvalue weighted by Crippen LogP contribution is -2.06. The Hall–Kier alpha value is -1.53. The average molecular weight is 300 g/mol. The molecule has 0 aliphatic heterocycles. The van der Waals surface area contributed by atoms with Gasteiger partial charge in [-0.25, -0.2) is 8.42 Å². The fraction of sp³-hybridized carbons (Fsp3) is 0.250. The predicted octanol–water partition coefficient (Wildman–Crippen LogP) is 2.09. The highest BCUT2D eigenvalue weighted by Crippen LogP contribution is 2.25. The van der Waals surface area contributed by atoms with Gasteiger partial charge >= 0.3 is 0 Å². The van der Waals surface area contributed by atoms with Gasteiger partial charge in [0.2, 0.25) is 0 Å². The Morgan fingerprint density at radius 3 is 2.68 bits per heavy atom. The average Bonchev–Trinajstić information content (AvgIpc) is 2.72. The van der Waals surface area contributed by atoms with Crippen LogP contribution in [0.4, 0.5) is 5.69 Å². The van der Waals surface area contributed by atoms with Crippen LogP contribution >= 0.6 is 11.6 Å². The highest BCUT2D eigenvalue weighted by atomic mass is 35.5. The van der Waals surface area contributed by atoms with Crippen LogP contribution in [0.25, 0.3) is 0 Å². The molecule has 7 heteroatoms. The standard InChI is InChI=1S/C12H14ClN3O2S/c1-16-9(5-6-15-16)8-14-12-7-10(19(2,17)18)3-4-11(12)13/h3-7,14H,8H2,1-2H3. The van der Waals surface area contributed by atoms with Gasteiger partial charge in [0.05, 0.1) is 27.8 Å². The summed E-state index contributed by atoms with van der Waals surface area (Å²) in [6, 6.07) is 6.48. The van der Waals surface area contributed by atoms with E-state index in [0.29, 0.717) is 17.3 Å². The molecule has 1 aromatic heterocycles. The number of nitrogens with zero attached hydrogens (tertiary/aromatic N) is 2. The molecule has 1 heterocycles. The number of anilines is 1. The van der Waals surface area contributed by atoms with E-state index in [1.165, 1.54) is 18.4 Å². The summed E-state index contributed by atoms with van der Waals surface area (Å²) in [5.41, 5.74) is 1.56. The van der Waals surface area contributed by atoms with E-state index in [4.69, 9.17) is 11.6 Å². The molecule has 0 saturated carbocycles. The molecular weight excluding hydrogens is 286 g/mol. The summed E-state index contributed by atoms with van der Waals surface area (Å²) in [6.45, 7) is 0.517. The minimum atomic E-state index is -3.24. The Morgan fingerprint density at radius 1 is 1.37 bits per heavy atom. The van der Waals surface area contributed by atoms with Crippen molar-refractivity contribution in [3.8, 4) is 0 Å². The number of rotatable bonds is 4. The van der Waals surface area contributed by atoms with E-state index >= 15 is 0 Å². The summed E-state index contributed by atoms with van der Waals surface area (Å²) in [5, 5.41) is 7.65. The van der Waals surface area contributed by atoms with Crippen LogP contribution in [0.15, 0.2) is 35.4 Å². The molecular formula is C12H14ClN3O2S. The molecule has 0 unspecified atom stereocenters. The minimum Gasteiger partial charge on any atom is -0.378 e. The lowest BCUT2D eigenvalue weighted by atomic mass is 10.3. The number of sulfone groups is 1. The van der Waals surface area contributed by atoms with E-state index in [9.17, 15) is 8.42 Å². The first-order chi connectivity index (χ1) is 8.88. The third-order valence-electron chi connectivity index (χ3n) is 2.75. The monoisotopic (exact) mass is 299 g/mol. The van der Waals surface area contributed by atoms with Crippen molar-refractivity contribution in [3.63, 3.8) is 0 Å². The molecule has 0 amide bonds. The van der Waals surface area contributed by atoms with E-state index in [1.54, 1.807) is 16.9 Å². The molecule has 0 atom stereocenters. The smallest absolute Gasteiger partial charge is 0.175 e. The number of nitrogens with one attached hydrogen (secondary N) is 1. The van der Waals surface area contributed by atoms with Crippen molar-refractivity contribution >= 4 is 27.1 Å². The van der Waals surface area contributed by atoms with Gasteiger partial charge in [0.25, 0.3) is 0 Å². The van der Waals surface area contributed by atoms with Gasteiger partial charge in [-0.15, -0.1) is 0 Å². The minimum absolute atomic E-state index is 0.240. The zero-order valence-electron chi connectivity index (χ0n) is 10.6. The number of hydrogen-bond donors (Lipinski definition) is 1. The molecule has 0 fully saturated rings. The number of aryl methyl sites for hydroxylation is 1. The molecule has 0 aliphatic carbocycles. The molecule has 0 saturated heterocycles. The molecule has 102 valence electrons. The maximum absolute atomic E-state index is 11.5. The quantitative estimate of drug-likeness (QED) is 0.939. The van der Waals surface area contributed by atoms with Gasteiger partial charge in [0, 0.05) is 19.5 Å². The number of benzene rings is 1. The second-order valence-electron chi connectivity index (χ2n) is 4.21. The first-order valence-corrected chi connectivity index (χ1v) is 7.85. The van der Waals surface area contributed by atoms with Crippen LogP contribution in [0.2, 0.25) is 5.02 Å². The van der Waals surface area contributed by atoms with Gasteiger partial charge in [0.15, 0.2) is 9.84 Å². The van der Waals surface area contributed by atoms with Crippen LogP contribution < -0.4 is 5.32 Å². The normalized spacial score (nSPS) is 11.5. The van der Waals surface area contributed by atoms with Gasteiger partial charge in [-0.3, -0.25) is 4.68 Å². The summed E-state index contributed by atoms with van der Waals surface area (Å²) in [4.78, 5) is 0.240. The molecule has 2 rings (SSSR count). The van der Waals surface area contributed by atoms with Crippen molar-refractivity contribution in [2.45, 2.75) is 11.4 Å². The van der Waals surface area contributed by atoms with Crippen molar-refractivity contribution in [1.29, 1.82) is 0 Å². The largest absolute Gasteiger partial charge is 0.378 e. The fourth-order valence-electron chi connectivity index (χ4n) is 1.63. The summed E-state index contributed by atoms with van der Waals surface area (Å²) in [5.74, 6) is 0. The van der Waals surface area contributed by atoms with Crippen LogP contribution in [0.1, 0.15) is 5.69 Å². The Labute approximate surface area is 117 Å². The van der Waals surface area contributed by atoms with Gasteiger partial charge < -0.3 is 5.32 Å². The van der Waals surface area contributed by atoms with Gasteiger partial charge in [0.1, 0.15) is 0 Å². The summed E-state index contributed by atoms with van der Waals surface area (Å²) >= 11 is 6.05. The maximum atomic E-state index is 11.5. The first kappa shape index (κ1) is 13.9. The maximum Gasteiger partial charge on any atom is 0.175 e. The third-order valence-corrected chi connectivity index (χ3v) is 4.19. The molecule has 0 spiro atoms. The van der Waals surface area contributed by atoms with Crippen molar-refractivity contribution in [2.75, 3.05) is 11.6 Å². The lowest BCUT2D eigenvalue weighted by molar-refractivity contribution is 0.602. The SMILES string of the molecule is Cn1nccc1CNc1cc(S(C)(=O)=O)ccc1Cl. The van der Waals surface area contributed by atoms with Crippen LogP contribution in [-0.4, -0.2) is 24.5 Å². The van der Waals surface area contributed by atoms with Gasteiger partial charge in [-0.2, -0.15) is 5.10 Å². The number of hydrogen-bond acceptors (Lipinski definition) is 4. The molecule has 1 N–H and O–H groups in total. The molecule has 2 aromatic rings. The van der Waals surface area contributed by atoms with E-state index in [1.807, 2.05) is 13.1 Å². The predicted molar refractivity (Wildman–Crippen MR) is 75.1 cm³/mol. The van der Waals surface area contributed by atoms with Gasteiger partial charge in [-0.1, -0.05) is 11.6 Å². The Balaban J connectivity index is 2.23. The van der Waals surface area contributed by atoms with Crippen LogP contribution in [-0.2, 0) is 23.4 Å². The van der Waals surface area contributed by atoms with Crippen LogP contribution in [0, 0.1) is 0 Å². The zero-order valence-corrected chi connectivity index (χ0v) is 12.2. The molecule has 19 heavy (non-hydrogen) atoms. The Morgan fingerprint density at radius 2 is 2.11 bits per heavy atom. The van der Waals surface area contributed by atoms with Crippen molar-refractivity contribution in [2.24, 2.45) is 7.05 Å². The van der Waals surface area contributed by atoms with E-state index in [2.05, 4.69) is 10.4 Å². The molecule has 0 radical (unpaired) electrons. The Kier molecular flexibility index (Phi) is 3.82. The van der Waals surface area contributed by atoms with Crippen LogP contribution in [0.5, 0.6) is 0 Å². The molecule has 1 aromatic carbocycles. The highest BCUT2D eigenvalue weighted by Gasteiger charge is 2.10. The van der Waals surface area contributed by atoms with E-state index in [-0.39, 0.29) is 4.90 Å². The molecule has 0 aliphatic rings. The fourth-order valence-corrected chi connectivity index (χ4v) is 2.46. The van der Waals surface area contributed by atoms with E-state index in [0.717, 1.165) is 5.69 Å². The Bertz CT molecular complexity index is 695. The van der Waals surface area contributed by atoms with E-state index < -0.39 is 9.84 Å². The summed E-state index contributed by atoms with van der Waals surface area (Å²) in [7, 11) is -1.40. The topological polar surface area (TPSA) is 64.0 Å². The summed E-state index contributed by atoms with van der Waals surface area (Å²) < 4.78 is 24.7. The zero-order chi connectivity index (χ0) is 14.0. The second-order valence-corrected chi connectivity index (χ2v) is 6.64. The van der Waals surface area contributed by atoms with Crippen molar-refractivity contribution < 1.29 is 8.42 Å². The lowest BCUT2D eigenvalue weighted by Gasteiger charge is -2.10. The molecule has 0 bridgehead atoms. The van der Waals surface area contributed by atoms with Gasteiger partial charge in [-0.05, 0) is 24.3 Å². The third kappa shape index (κ3) is 3.27. The second kappa shape index (κ2) is 5.22. The number of halogens is 1. The molecule has 5 nitrogen and oxygen atoms in total. The van der Waals surface area contributed by atoms with Crippen molar-refractivity contribution in [1.82, 2.24) is 9.78 Å². The number of aromatic nitrogens is 2. The van der Waals surface area contributed by atoms with Crippen molar-refractivity contribution in [3.05, 3.63) is 41.2 Å². The highest BCUT2D eigenvalue weighted by molar-refractivity contribution is 7.90. The van der Waals surface area contributed by atoms with Crippen LogP contribution in [0.3, 0.4) is 0 Å². The summed E-state index contributed by atoms with van der Waals surface area (Å²) in [6.07, 6.45) is 2.87. The first-order valence-electron chi connectivity index (χ1n) is 5.58.